The van der Waals surface area contributed by atoms with Gasteiger partial charge in [-0.3, -0.25) is 4.98 Å². The highest BCUT2D eigenvalue weighted by Crippen LogP contribution is 2.25. The van der Waals surface area contributed by atoms with Crippen molar-refractivity contribution in [1.82, 2.24) is 4.98 Å². The molecular formula is C15H18N2O. The summed E-state index contributed by atoms with van der Waals surface area (Å²) in [6.45, 7) is 5.19. The highest BCUT2D eigenvalue weighted by molar-refractivity contribution is 5.43. The van der Waals surface area contributed by atoms with Gasteiger partial charge in [0.15, 0.2) is 0 Å². The Morgan fingerprint density at radius 2 is 1.89 bits per heavy atom. The first-order valence-corrected chi connectivity index (χ1v) is 6.02. The molecule has 0 atom stereocenters. The average molecular weight is 242 g/mol. The molecular weight excluding hydrogens is 224 g/mol. The Labute approximate surface area is 108 Å². The van der Waals surface area contributed by atoms with Gasteiger partial charge < -0.3 is 10.5 Å². The molecule has 2 N–H and O–H groups in total. The standard InChI is InChI=1S/C15H18N2O/c1-11-6-14(8-16)7-12(2)15(11)18-10-13-4-3-5-17-9-13/h3-7,9H,8,10,16H2,1-2H3. The Hall–Kier alpha value is -1.87. The third-order valence-corrected chi connectivity index (χ3v) is 2.86. The second-order valence-electron chi connectivity index (χ2n) is 4.41. The summed E-state index contributed by atoms with van der Waals surface area (Å²) in [5.41, 5.74) is 10.1. The third kappa shape index (κ3) is 2.87. The molecule has 0 fully saturated rings. The van der Waals surface area contributed by atoms with E-state index in [0.717, 1.165) is 28.0 Å². The third-order valence-electron chi connectivity index (χ3n) is 2.86. The smallest absolute Gasteiger partial charge is 0.125 e. The van der Waals surface area contributed by atoms with Gasteiger partial charge in [0, 0.05) is 24.5 Å². The first-order chi connectivity index (χ1) is 8.70. The van der Waals surface area contributed by atoms with Crippen LogP contribution in [0.3, 0.4) is 0 Å². The van der Waals surface area contributed by atoms with Crippen molar-refractivity contribution >= 4 is 0 Å². The molecule has 0 aliphatic carbocycles. The van der Waals surface area contributed by atoms with Gasteiger partial charge in [-0.2, -0.15) is 0 Å². The zero-order valence-corrected chi connectivity index (χ0v) is 10.8. The zero-order chi connectivity index (χ0) is 13.0. The number of rotatable bonds is 4. The van der Waals surface area contributed by atoms with E-state index in [-0.39, 0.29) is 0 Å². The van der Waals surface area contributed by atoms with Gasteiger partial charge in [0.1, 0.15) is 12.4 Å². The molecule has 18 heavy (non-hydrogen) atoms. The minimum Gasteiger partial charge on any atom is -0.488 e. The van der Waals surface area contributed by atoms with Gasteiger partial charge in [0.2, 0.25) is 0 Å². The van der Waals surface area contributed by atoms with Gasteiger partial charge in [-0.25, -0.2) is 0 Å². The molecule has 94 valence electrons. The fourth-order valence-electron chi connectivity index (χ4n) is 2.02. The van der Waals surface area contributed by atoms with Crippen LogP contribution in [0.2, 0.25) is 0 Å². The van der Waals surface area contributed by atoms with Crippen LogP contribution in [0.25, 0.3) is 0 Å². The highest BCUT2D eigenvalue weighted by Gasteiger charge is 2.06. The molecule has 2 rings (SSSR count). The fourth-order valence-corrected chi connectivity index (χ4v) is 2.02. The number of pyridine rings is 1. The van der Waals surface area contributed by atoms with Crippen LogP contribution in [0.4, 0.5) is 0 Å². The quantitative estimate of drug-likeness (QED) is 0.896. The Bertz CT molecular complexity index is 500. The minimum atomic E-state index is 0.539. The lowest BCUT2D eigenvalue weighted by molar-refractivity contribution is 0.301. The van der Waals surface area contributed by atoms with Gasteiger partial charge in [0.25, 0.3) is 0 Å². The summed E-state index contributed by atoms with van der Waals surface area (Å²) < 4.78 is 5.87. The Balaban J connectivity index is 2.15. The van der Waals surface area contributed by atoms with Crippen LogP contribution >= 0.6 is 0 Å². The summed E-state index contributed by atoms with van der Waals surface area (Å²) in [5, 5.41) is 0. The molecule has 1 aromatic carbocycles. The van der Waals surface area contributed by atoms with Crippen molar-refractivity contribution in [2.45, 2.75) is 27.0 Å². The van der Waals surface area contributed by atoms with E-state index >= 15 is 0 Å². The van der Waals surface area contributed by atoms with Gasteiger partial charge in [-0.05, 0) is 36.6 Å². The lowest BCUT2D eigenvalue weighted by Gasteiger charge is -2.13. The number of nitrogens with zero attached hydrogens (tertiary/aromatic N) is 1. The molecule has 0 aliphatic heterocycles. The maximum Gasteiger partial charge on any atom is 0.125 e. The largest absolute Gasteiger partial charge is 0.488 e. The predicted molar refractivity (Wildman–Crippen MR) is 72.4 cm³/mol. The first-order valence-electron chi connectivity index (χ1n) is 6.02. The molecule has 0 amide bonds. The molecule has 3 nitrogen and oxygen atoms in total. The van der Waals surface area contributed by atoms with Crippen LogP contribution in [-0.4, -0.2) is 4.98 Å². The van der Waals surface area contributed by atoms with Gasteiger partial charge in [-0.1, -0.05) is 18.2 Å². The summed E-state index contributed by atoms with van der Waals surface area (Å²) in [7, 11) is 0. The maximum absolute atomic E-state index is 5.87. The Morgan fingerprint density at radius 1 is 1.17 bits per heavy atom. The molecule has 0 spiro atoms. The SMILES string of the molecule is Cc1cc(CN)cc(C)c1OCc1cccnc1. The lowest BCUT2D eigenvalue weighted by atomic mass is 10.1. The molecule has 0 aliphatic rings. The Kier molecular flexibility index (Phi) is 3.95. The van der Waals surface area contributed by atoms with Crippen LogP contribution in [-0.2, 0) is 13.2 Å². The number of aromatic nitrogens is 1. The number of aryl methyl sites for hydroxylation is 2. The van der Waals surface area contributed by atoms with E-state index in [1.165, 1.54) is 0 Å². The molecule has 1 heterocycles. The molecule has 0 radical (unpaired) electrons. The number of ether oxygens (including phenoxy) is 1. The topological polar surface area (TPSA) is 48.1 Å². The van der Waals surface area contributed by atoms with E-state index in [1.54, 1.807) is 6.20 Å². The van der Waals surface area contributed by atoms with Crippen LogP contribution in [0, 0.1) is 13.8 Å². The van der Waals surface area contributed by atoms with Crippen LogP contribution in [0.5, 0.6) is 5.75 Å². The fraction of sp³-hybridized carbons (Fsp3) is 0.267. The predicted octanol–water partition coefficient (Wildman–Crippen LogP) is 2.74. The van der Waals surface area contributed by atoms with Crippen molar-refractivity contribution in [2.75, 3.05) is 0 Å². The molecule has 0 unspecified atom stereocenters. The van der Waals surface area contributed by atoms with E-state index in [4.69, 9.17) is 10.5 Å². The summed E-state index contributed by atoms with van der Waals surface area (Å²) in [4.78, 5) is 4.07. The van der Waals surface area contributed by atoms with Crippen LogP contribution in [0.15, 0.2) is 36.7 Å². The first kappa shape index (κ1) is 12.6. The van der Waals surface area contributed by atoms with E-state index in [0.29, 0.717) is 13.2 Å². The van der Waals surface area contributed by atoms with Gasteiger partial charge in [-0.15, -0.1) is 0 Å². The lowest BCUT2D eigenvalue weighted by Crippen LogP contribution is -2.02. The van der Waals surface area contributed by atoms with E-state index < -0.39 is 0 Å². The molecule has 1 aromatic heterocycles. The molecule has 0 saturated heterocycles. The van der Waals surface area contributed by atoms with Crippen LogP contribution in [0.1, 0.15) is 22.3 Å². The molecule has 2 aromatic rings. The van der Waals surface area contributed by atoms with E-state index in [1.807, 2.05) is 32.2 Å². The normalized spacial score (nSPS) is 10.4. The van der Waals surface area contributed by atoms with Gasteiger partial charge in [0.05, 0.1) is 0 Å². The second-order valence-corrected chi connectivity index (χ2v) is 4.41. The van der Waals surface area contributed by atoms with Crippen LogP contribution < -0.4 is 10.5 Å². The van der Waals surface area contributed by atoms with Crippen molar-refractivity contribution in [3.63, 3.8) is 0 Å². The van der Waals surface area contributed by atoms with E-state index in [9.17, 15) is 0 Å². The molecule has 0 bridgehead atoms. The van der Waals surface area contributed by atoms with Crippen molar-refractivity contribution in [1.29, 1.82) is 0 Å². The number of benzene rings is 1. The molecule has 0 saturated carbocycles. The number of hydrogen-bond acceptors (Lipinski definition) is 3. The van der Waals surface area contributed by atoms with Crippen molar-refractivity contribution in [3.8, 4) is 5.75 Å². The summed E-state index contributed by atoms with van der Waals surface area (Å²) >= 11 is 0. The number of hydrogen-bond donors (Lipinski definition) is 1. The van der Waals surface area contributed by atoms with Gasteiger partial charge >= 0.3 is 0 Å². The minimum absolute atomic E-state index is 0.539. The Morgan fingerprint density at radius 3 is 2.44 bits per heavy atom. The summed E-state index contributed by atoms with van der Waals surface area (Å²) in [6.07, 6.45) is 3.58. The number of nitrogens with two attached hydrogens (primary N) is 1. The summed E-state index contributed by atoms with van der Waals surface area (Å²) in [6, 6.07) is 8.07. The van der Waals surface area contributed by atoms with Crippen molar-refractivity contribution in [3.05, 3.63) is 58.9 Å². The van der Waals surface area contributed by atoms with Crippen molar-refractivity contribution in [2.24, 2.45) is 5.73 Å². The highest BCUT2D eigenvalue weighted by atomic mass is 16.5. The second kappa shape index (κ2) is 5.65. The average Bonchev–Trinajstić information content (AvgIpc) is 2.38. The monoisotopic (exact) mass is 242 g/mol. The molecule has 3 heteroatoms. The van der Waals surface area contributed by atoms with E-state index in [2.05, 4.69) is 17.1 Å². The van der Waals surface area contributed by atoms with Crippen molar-refractivity contribution < 1.29 is 4.74 Å². The zero-order valence-electron chi connectivity index (χ0n) is 10.8. The summed E-state index contributed by atoms with van der Waals surface area (Å²) in [5.74, 6) is 0.941. The maximum atomic E-state index is 5.87.